The molecular weight excluding hydrogens is 340 g/mol. The standard InChI is InChI=1S/C19H18O7/c1-6-5-8(20)10-11-9(6)17-19(25,18(3,4)7(2)26-17)16(24)12(11)14(22)15(23)13(10)21/h5,7,21-23,25H,1-4H3/t7-,19+/m0/s1. The normalized spacial score (nSPS) is 28.5. The van der Waals surface area contributed by atoms with Crippen molar-refractivity contribution < 1.29 is 34.8 Å². The summed E-state index contributed by atoms with van der Waals surface area (Å²) in [6.45, 7) is 6.66. The zero-order valence-electron chi connectivity index (χ0n) is 14.7. The van der Waals surface area contributed by atoms with Crippen molar-refractivity contribution in [1.82, 2.24) is 0 Å². The Morgan fingerprint density at radius 2 is 1.58 bits per heavy atom. The van der Waals surface area contributed by atoms with E-state index in [1.807, 2.05) is 0 Å². The molecule has 2 atom stereocenters. The quantitative estimate of drug-likeness (QED) is 0.523. The average molecular weight is 358 g/mol. The minimum Gasteiger partial charge on any atom is -0.504 e. The van der Waals surface area contributed by atoms with Gasteiger partial charge < -0.3 is 25.2 Å². The first-order valence-electron chi connectivity index (χ1n) is 8.19. The summed E-state index contributed by atoms with van der Waals surface area (Å²) in [4.78, 5) is 25.7. The minimum atomic E-state index is -2.08. The van der Waals surface area contributed by atoms with E-state index in [2.05, 4.69) is 0 Å². The molecule has 1 aromatic carbocycles. The van der Waals surface area contributed by atoms with Crippen molar-refractivity contribution in [3.63, 3.8) is 0 Å². The van der Waals surface area contributed by atoms with Crippen molar-refractivity contribution in [3.8, 4) is 17.2 Å². The van der Waals surface area contributed by atoms with Crippen LogP contribution in [0.3, 0.4) is 0 Å². The number of aliphatic hydroxyl groups is 1. The maximum absolute atomic E-state index is 13.3. The van der Waals surface area contributed by atoms with Crippen LogP contribution in [-0.2, 0) is 4.74 Å². The predicted molar refractivity (Wildman–Crippen MR) is 90.1 cm³/mol. The topological polar surface area (TPSA) is 124 Å². The van der Waals surface area contributed by atoms with Crippen LogP contribution >= 0.6 is 0 Å². The number of fused-ring (bicyclic) bond motifs is 1. The van der Waals surface area contributed by atoms with E-state index in [1.165, 1.54) is 6.08 Å². The van der Waals surface area contributed by atoms with Crippen LogP contribution in [0.15, 0.2) is 17.4 Å². The number of aromatic hydroxyl groups is 3. The molecule has 0 saturated carbocycles. The minimum absolute atomic E-state index is 0.000472. The van der Waals surface area contributed by atoms with Gasteiger partial charge in [-0.15, -0.1) is 0 Å². The fourth-order valence-corrected chi connectivity index (χ4v) is 4.07. The van der Waals surface area contributed by atoms with Crippen LogP contribution in [-0.4, -0.2) is 43.7 Å². The number of phenols is 3. The Morgan fingerprint density at radius 3 is 2.19 bits per heavy atom. The molecule has 136 valence electrons. The van der Waals surface area contributed by atoms with E-state index in [4.69, 9.17) is 4.74 Å². The van der Waals surface area contributed by atoms with E-state index in [1.54, 1.807) is 27.7 Å². The molecule has 1 aromatic rings. The maximum atomic E-state index is 13.3. The predicted octanol–water partition coefficient (Wildman–Crippen LogP) is 2.03. The highest BCUT2D eigenvalue weighted by atomic mass is 16.5. The van der Waals surface area contributed by atoms with Crippen LogP contribution in [0.4, 0.5) is 0 Å². The number of ketones is 2. The van der Waals surface area contributed by atoms with Crippen molar-refractivity contribution in [2.24, 2.45) is 5.41 Å². The molecule has 0 bridgehead atoms. The number of hydrogen-bond acceptors (Lipinski definition) is 7. The van der Waals surface area contributed by atoms with Gasteiger partial charge in [-0.25, -0.2) is 0 Å². The number of carbonyl (C=O) groups is 2. The zero-order chi connectivity index (χ0) is 19.3. The Bertz CT molecular complexity index is 996. The van der Waals surface area contributed by atoms with Gasteiger partial charge >= 0.3 is 0 Å². The number of benzene rings is 1. The molecule has 1 aliphatic heterocycles. The van der Waals surface area contributed by atoms with Gasteiger partial charge in [0.25, 0.3) is 0 Å². The monoisotopic (exact) mass is 358 g/mol. The Kier molecular flexibility index (Phi) is 2.87. The highest BCUT2D eigenvalue weighted by molar-refractivity contribution is 6.24. The molecule has 0 unspecified atom stereocenters. The van der Waals surface area contributed by atoms with E-state index < -0.39 is 45.9 Å². The van der Waals surface area contributed by atoms with Gasteiger partial charge in [-0.3, -0.25) is 9.59 Å². The first-order chi connectivity index (χ1) is 12.0. The van der Waals surface area contributed by atoms with E-state index in [9.17, 15) is 30.0 Å². The summed E-state index contributed by atoms with van der Waals surface area (Å²) in [5.74, 6) is -4.13. The summed E-state index contributed by atoms with van der Waals surface area (Å²) in [5, 5.41) is 42.0. The molecule has 2 aliphatic carbocycles. The van der Waals surface area contributed by atoms with E-state index in [0.717, 1.165) is 0 Å². The van der Waals surface area contributed by atoms with E-state index in [0.29, 0.717) is 5.57 Å². The summed E-state index contributed by atoms with van der Waals surface area (Å²) in [5.41, 5.74) is -3.10. The third-order valence-electron chi connectivity index (χ3n) is 6.02. The molecule has 0 amide bonds. The zero-order valence-corrected chi connectivity index (χ0v) is 14.7. The number of carbonyl (C=O) groups excluding carboxylic acids is 2. The molecule has 0 aromatic heterocycles. The second-order valence-electron chi connectivity index (χ2n) is 7.59. The lowest BCUT2D eigenvalue weighted by molar-refractivity contribution is -0.00670. The van der Waals surface area contributed by atoms with Gasteiger partial charge in [-0.05, 0) is 25.5 Å². The smallest absolute Gasteiger partial charge is 0.207 e. The van der Waals surface area contributed by atoms with Gasteiger partial charge in [0.05, 0.1) is 11.1 Å². The van der Waals surface area contributed by atoms with Crippen molar-refractivity contribution in [2.75, 3.05) is 0 Å². The van der Waals surface area contributed by atoms with Gasteiger partial charge in [0.1, 0.15) is 11.9 Å². The Balaban J connectivity index is 2.25. The summed E-state index contributed by atoms with van der Waals surface area (Å²) >= 11 is 0. The number of hydrogen-bond donors (Lipinski definition) is 4. The molecule has 0 spiro atoms. The lowest BCUT2D eigenvalue weighted by Gasteiger charge is -2.39. The summed E-state index contributed by atoms with van der Waals surface area (Å²) in [6, 6.07) is 0. The number of phenolic OH excluding ortho intramolecular Hbond substituents is 3. The van der Waals surface area contributed by atoms with Gasteiger partial charge in [0.15, 0.2) is 22.9 Å². The molecule has 4 N–H and O–H groups in total. The number of rotatable bonds is 0. The van der Waals surface area contributed by atoms with Crippen molar-refractivity contribution in [2.45, 2.75) is 39.4 Å². The maximum Gasteiger partial charge on any atom is 0.207 e. The SMILES string of the molecule is CC1=CC(=O)c2c(O)c(O)c(O)c3c2C1=C1O[C@@H](C)C(C)(C)[C@@]1(O)C3=O. The number of ether oxygens (including phenoxy) is 1. The summed E-state index contributed by atoms with van der Waals surface area (Å²) in [6.07, 6.45) is 0.701. The Hall–Kier alpha value is -2.80. The van der Waals surface area contributed by atoms with E-state index in [-0.39, 0.29) is 28.0 Å². The average Bonchev–Trinajstić information content (AvgIpc) is 2.73. The molecule has 4 rings (SSSR count). The second kappa shape index (κ2) is 4.48. The summed E-state index contributed by atoms with van der Waals surface area (Å²) < 4.78 is 5.85. The molecule has 1 saturated heterocycles. The molecule has 7 nitrogen and oxygen atoms in total. The molecule has 3 aliphatic rings. The third kappa shape index (κ3) is 1.49. The Labute approximate surface area is 148 Å². The molecule has 0 radical (unpaired) electrons. The molecule has 26 heavy (non-hydrogen) atoms. The highest BCUT2D eigenvalue weighted by Gasteiger charge is 2.66. The first-order valence-corrected chi connectivity index (χ1v) is 8.19. The van der Waals surface area contributed by atoms with Crippen LogP contribution in [0.2, 0.25) is 0 Å². The number of allylic oxidation sites excluding steroid dienone is 3. The first kappa shape index (κ1) is 16.7. The fraction of sp³-hybridized carbons (Fsp3) is 0.368. The van der Waals surface area contributed by atoms with Crippen LogP contribution in [0.25, 0.3) is 5.57 Å². The van der Waals surface area contributed by atoms with Crippen molar-refractivity contribution in [3.05, 3.63) is 34.1 Å². The Morgan fingerprint density at radius 1 is 1.00 bits per heavy atom. The fourth-order valence-electron chi connectivity index (χ4n) is 4.07. The number of Topliss-reactive ketones (excluding diaryl/α,β-unsaturated/α-hetero) is 1. The van der Waals surface area contributed by atoms with Gasteiger partial charge in [-0.2, -0.15) is 0 Å². The van der Waals surface area contributed by atoms with Crippen LogP contribution in [0.1, 0.15) is 54.0 Å². The van der Waals surface area contributed by atoms with Crippen LogP contribution in [0.5, 0.6) is 17.2 Å². The van der Waals surface area contributed by atoms with Gasteiger partial charge in [0, 0.05) is 16.6 Å². The molecule has 1 heterocycles. The molecule has 7 heteroatoms. The third-order valence-corrected chi connectivity index (χ3v) is 6.02. The van der Waals surface area contributed by atoms with Gasteiger partial charge in [-0.1, -0.05) is 13.8 Å². The van der Waals surface area contributed by atoms with Gasteiger partial charge in [0.2, 0.25) is 11.5 Å². The van der Waals surface area contributed by atoms with Crippen molar-refractivity contribution in [1.29, 1.82) is 0 Å². The second-order valence-corrected chi connectivity index (χ2v) is 7.59. The molecular formula is C19H18O7. The highest BCUT2D eigenvalue weighted by Crippen LogP contribution is 2.60. The van der Waals surface area contributed by atoms with Crippen LogP contribution in [0, 0.1) is 5.41 Å². The van der Waals surface area contributed by atoms with Crippen molar-refractivity contribution >= 4 is 17.1 Å². The lowest BCUT2D eigenvalue weighted by atomic mass is 9.63. The van der Waals surface area contributed by atoms with Crippen LogP contribution < -0.4 is 0 Å². The lowest BCUT2D eigenvalue weighted by Crippen LogP contribution is -2.53. The van der Waals surface area contributed by atoms with E-state index >= 15 is 0 Å². The largest absolute Gasteiger partial charge is 0.504 e. The summed E-state index contributed by atoms with van der Waals surface area (Å²) in [7, 11) is 0. The molecule has 1 fully saturated rings.